The van der Waals surface area contributed by atoms with E-state index in [1.54, 1.807) is 0 Å². The highest BCUT2D eigenvalue weighted by atomic mass is 15.2. The topological polar surface area (TPSA) is 15.3 Å². The molecule has 1 saturated heterocycles. The van der Waals surface area contributed by atoms with Crippen LogP contribution in [0.25, 0.3) is 0 Å². The third-order valence-corrected chi connectivity index (χ3v) is 3.57. The maximum Gasteiger partial charge on any atom is 0.00682 e. The molecule has 0 aromatic rings. The van der Waals surface area contributed by atoms with E-state index >= 15 is 0 Å². The predicted molar refractivity (Wildman–Crippen MR) is 60.5 cm³/mol. The Balaban J connectivity index is 1.45. The molecule has 1 atom stereocenters. The van der Waals surface area contributed by atoms with E-state index in [9.17, 15) is 0 Å². The molecule has 0 spiro atoms. The molecular formula is C12H24N2. The molecule has 1 aliphatic carbocycles. The van der Waals surface area contributed by atoms with Crippen molar-refractivity contribution in [1.29, 1.82) is 0 Å². The summed E-state index contributed by atoms with van der Waals surface area (Å²) in [7, 11) is 0. The lowest BCUT2D eigenvalue weighted by Gasteiger charge is -2.20. The molecule has 1 N–H and O–H groups in total. The molecule has 82 valence electrons. The zero-order valence-corrected chi connectivity index (χ0v) is 9.47. The smallest absolute Gasteiger partial charge is 0.00682 e. The zero-order valence-electron chi connectivity index (χ0n) is 9.47. The Morgan fingerprint density at radius 1 is 1.21 bits per heavy atom. The Bertz CT molecular complexity index is 166. The highest BCUT2D eigenvalue weighted by Gasteiger charge is 2.20. The molecule has 2 fully saturated rings. The fraction of sp³-hybridized carbons (Fsp3) is 1.00. The minimum Gasteiger partial charge on any atom is -0.314 e. The Morgan fingerprint density at radius 3 is 2.71 bits per heavy atom. The first-order valence-electron chi connectivity index (χ1n) is 6.33. The largest absolute Gasteiger partial charge is 0.314 e. The van der Waals surface area contributed by atoms with E-state index in [2.05, 4.69) is 17.1 Å². The first-order valence-corrected chi connectivity index (χ1v) is 6.33. The average molecular weight is 196 g/mol. The predicted octanol–water partition coefficient (Wildman–Crippen LogP) is 2.00. The van der Waals surface area contributed by atoms with Crippen molar-refractivity contribution < 1.29 is 0 Å². The summed E-state index contributed by atoms with van der Waals surface area (Å²) in [5, 5.41) is 3.57. The summed E-state index contributed by atoms with van der Waals surface area (Å²) in [5.41, 5.74) is 0. The number of hydrogen-bond acceptors (Lipinski definition) is 2. The van der Waals surface area contributed by atoms with Gasteiger partial charge in [0.05, 0.1) is 0 Å². The maximum atomic E-state index is 3.57. The summed E-state index contributed by atoms with van der Waals surface area (Å²) in [5.74, 6) is 0. The normalized spacial score (nSPS) is 28.5. The molecule has 0 amide bonds. The molecule has 2 nitrogen and oxygen atoms in total. The minimum absolute atomic E-state index is 0.853. The van der Waals surface area contributed by atoms with Gasteiger partial charge >= 0.3 is 0 Å². The first-order chi connectivity index (χ1) is 6.86. The van der Waals surface area contributed by atoms with Gasteiger partial charge in [-0.05, 0) is 65.1 Å². The molecule has 0 bridgehead atoms. The van der Waals surface area contributed by atoms with Gasteiger partial charge in [-0.25, -0.2) is 0 Å². The molecule has 1 unspecified atom stereocenters. The third-order valence-electron chi connectivity index (χ3n) is 3.57. The molecule has 1 saturated carbocycles. The van der Waals surface area contributed by atoms with Crippen LogP contribution in [0.2, 0.25) is 0 Å². The monoisotopic (exact) mass is 196 g/mol. The highest BCUT2D eigenvalue weighted by molar-refractivity contribution is 4.80. The van der Waals surface area contributed by atoms with Gasteiger partial charge in [0.15, 0.2) is 0 Å². The second-order valence-corrected chi connectivity index (χ2v) is 4.96. The third kappa shape index (κ3) is 3.25. The summed E-state index contributed by atoms with van der Waals surface area (Å²) < 4.78 is 0. The lowest BCUT2D eigenvalue weighted by molar-refractivity contribution is 0.263. The van der Waals surface area contributed by atoms with Gasteiger partial charge in [0.2, 0.25) is 0 Å². The fourth-order valence-electron chi connectivity index (χ4n) is 2.36. The molecule has 0 radical (unpaired) electrons. The maximum absolute atomic E-state index is 3.57. The lowest BCUT2D eigenvalue weighted by atomic mass is 10.2. The van der Waals surface area contributed by atoms with Gasteiger partial charge in [-0.3, -0.25) is 0 Å². The van der Waals surface area contributed by atoms with Gasteiger partial charge in [0.1, 0.15) is 0 Å². The molecule has 2 aliphatic rings. The van der Waals surface area contributed by atoms with E-state index in [4.69, 9.17) is 0 Å². The van der Waals surface area contributed by atoms with Crippen LogP contribution in [0.1, 0.15) is 45.4 Å². The van der Waals surface area contributed by atoms with Gasteiger partial charge in [0, 0.05) is 12.1 Å². The van der Waals surface area contributed by atoms with Gasteiger partial charge in [-0.2, -0.15) is 0 Å². The number of hydrogen-bond donors (Lipinski definition) is 1. The fourth-order valence-corrected chi connectivity index (χ4v) is 2.36. The molecule has 1 heterocycles. The Hall–Kier alpha value is -0.0800. The standard InChI is InChI=1S/C12H24N2/c1-11-5-4-10-14(11)9-3-2-8-13-12-6-7-12/h11-13H,2-10H2,1H3. The van der Waals surface area contributed by atoms with Gasteiger partial charge in [-0.1, -0.05) is 0 Å². The number of unbranched alkanes of at least 4 members (excludes halogenated alkanes) is 1. The average Bonchev–Trinajstić information content (AvgIpc) is 2.91. The Kier molecular flexibility index (Phi) is 3.82. The Labute approximate surface area is 88.1 Å². The van der Waals surface area contributed by atoms with Crippen molar-refractivity contribution in [2.45, 2.75) is 57.5 Å². The second kappa shape index (κ2) is 5.13. The lowest BCUT2D eigenvalue weighted by Crippen LogP contribution is -2.28. The van der Waals surface area contributed by atoms with Crippen LogP contribution in [-0.2, 0) is 0 Å². The summed E-state index contributed by atoms with van der Waals surface area (Å²) in [4.78, 5) is 2.65. The van der Waals surface area contributed by atoms with E-state index in [0.717, 1.165) is 12.1 Å². The van der Waals surface area contributed by atoms with E-state index in [1.165, 1.54) is 58.2 Å². The van der Waals surface area contributed by atoms with Crippen molar-refractivity contribution in [2.75, 3.05) is 19.6 Å². The van der Waals surface area contributed by atoms with Crippen LogP contribution < -0.4 is 5.32 Å². The van der Waals surface area contributed by atoms with Gasteiger partial charge in [-0.15, -0.1) is 0 Å². The van der Waals surface area contributed by atoms with E-state index in [0.29, 0.717) is 0 Å². The SMILES string of the molecule is CC1CCCN1CCCCNC1CC1. The van der Waals surface area contributed by atoms with Crippen LogP contribution in [0.5, 0.6) is 0 Å². The van der Waals surface area contributed by atoms with Gasteiger partial charge in [0.25, 0.3) is 0 Å². The number of nitrogens with zero attached hydrogens (tertiary/aromatic N) is 1. The minimum atomic E-state index is 0.853. The van der Waals surface area contributed by atoms with E-state index in [1.807, 2.05) is 0 Å². The van der Waals surface area contributed by atoms with Gasteiger partial charge < -0.3 is 10.2 Å². The van der Waals surface area contributed by atoms with Crippen LogP contribution in [0.4, 0.5) is 0 Å². The van der Waals surface area contributed by atoms with Crippen molar-refractivity contribution in [3.05, 3.63) is 0 Å². The summed E-state index contributed by atoms with van der Waals surface area (Å²) in [6.07, 6.45) is 8.41. The summed E-state index contributed by atoms with van der Waals surface area (Å²) in [6, 6.07) is 1.74. The van der Waals surface area contributed by atoms with Crippen molar-refractivity contribution in [1.82, 2.24) is 10.2 Å². The van der Waals surface area contributed by atoms with Crippen LogP contribution in [-0.4, -0.2) is 36.6 Å². The van der Waals surface area contributed by atoms with E-state index < -0.39 is 0 Å². The van der Waals surface area contributed by atoms with Crippen molar-refractivity contribution >= 4 is 0 Å². The van der Waals surface area contributed by atoms with Crippen LogP contribution in [0, 0.1) is 0 Å². The molecule has 0 aromatic carbocycles. The zero-order chi connectivity index (χ0) is 9.80. The molecule has 2 heteroatoms. The first kappa shape index (κ1) is 10.4. The van der Waals surface area contributed by atoms with Crippen molar-refractivity contribution in [2.24, 2.45) is 0 Å². The quantitative estimate of drug-likeness (QED) is 0.654. The number of nitrogens with one attached hydrogen (secondary N) is 1. The summed E-state index contributed by atoms with van der Waals surface area (Å²) in [6.45, 7) is 6.28. The molecule has 0 aromatic heterocycles. The van der Waals surface area contributed by atoms with Crippen LogP contribution in [0.15, 0.2) is 0 Å². The number of likely N-dealkylation sites (tertiary alicyclic amines) is 1. The molecule has 14 heavy (non-hydrogen) atoms. The van der Waals surface area contributed by atoms with Crippen molar-refractivity contribution in [3.63, 3.8) is 0 Å². The van der Waals surface area contributed by atoms with E-state index in [-0.39, 0.29) is 0 Å². The highest BCUT2D eigenvalue weighted by Crippen LogP contribution is 2.19. The summed E-state index contributed by atoms with van der Waals surface area (Å²) >= 11 is 0. The van der Waals surface area contributed by atoms with Crippen molar-refractivity contribution in [3.8, 4) is 0 Å². The van der Waals surface area contributed by atoms with Crippen LogP contribution >= 0.6 is 0 Å². The second-order valence-electron chi connectivity index (χ2n) is 4.96. The molecule has 1 aliphatic heterocycles. The number of rotatable bonds is 6. The molecule has 2 rings (SSSR count). The van der Waals surface area contributed by atoms with Crippen LogP contribution in [0.3, 0.4) is 0 Å². The Morgan fingerprint density at radius 2 is 2.07 bits per heavy atom. The molecular weight excluding hydrogens is 172 g/mol.